The Kier molecular flexibility index (Phi) is 5.99. The van der Waals surface area contributed by atoms with Crippen LogP contribution in [0.15, 0.2) is 53.2 Å². The predicted molar refractivity (Wildman–Crippen MR) is 110 cm³/mol. The lowest BCUT2D eigenvalue weighted by molar-refractivity contribution is -0.129. The molecule has 6 nitrogen and oxygen atoms in total. The van der Waals surface area contributed by atoms with Crippen molar-refractivity contribution in [2.75, 3.05) is 32.2 Å². The Morgan fingerprint density at radius 3 is 2.29 bits per heavy atom. The minimum Gasteiger partial charge on any atom is -0.493 e. The van der Waals surface area contributed by atoms with E-state index in [1.54, 1.807) is 38.5 Å². The maximum Gasteiger partial charge on any atom is 0.363 e. The van der Waals surface area contributed by atoms with Gasteiger partial charge in [0.1, 0.15) is 0 Å². The molecule has 0 bridgehead atoms. The summed E-state index contributed by atoms with van der Waals surface area (Å²) in [5.74, 6) is 0.915. The third-order valence-corrected chi connectivity index (χ3v) is 4.58. The number of carbonyl (C=O) groups excluding carboxylic acids is 1. The molecular formula is C22H24N2O4. The SMILES string of the molecule is CCN(CC)c1ccc(/C=C2\N=C(c3ccc(OC)c(OC)c3)OC2=O)cc1. The number of esters is 1. The largest absolute Gasteiger partial charge is 0.493 e. The molecule has 0 fully saturated rings. The number of carbonyl (C=O) groups is 1. The molecule has 0 aromatic heterocycles. The fourth-order valence-corrected chi connectivity index (χ4v) is 3.03. The molecule has 0 radical (unpaired) electrons. The van der Waals surface area contributed by atoms with Crippen LogP contribution in [0.4, 0.5) is 5.69 Å². The van der Waals surface area contributed by atoms with Crippen LogP contribution in [0, 0.1) is 0 Å². The summed E-state index contributed by atoms with van der Waals surface area (Å²) in [4.78, 5) is 18.9. The van der Waals surface area contributed by atoms with E-state index < -0.39 is 5.97 Å². The van der Waals surface area contributed by atoms with Crippen molar-refractivity contribution in [2.24, 2.45) is 4.99 Å². The number of cyclic esters (lactones) is 1. The average molecular weight is 380 g/mol. The van der Waals surface area contributed by atoms with E-state index in [0.717, 1.165) is 24.3 Å². The Morgan fingerprint density at radius 2 is 1.68 bits per heavy atom. The number of nitrogens with zero attached hydrogens (tertiary/aromatic N) is 2. The summed E-state index contributed by atoms with van der Waals surface area (Å²) in [6.07, 6.45) is 1.72. The lowest BCUT2D eigenvalue weighted by atomic mass is 10.1. The van der Waals surface area contributed by atoms with Crippen molar-refractivity contribution in [3.63, 3.8) is 0 Å². The maximum atomic E-state index is 12.2. The fraction of sp³-hybridized carbons (Fsp3) is 0.273. The van der Waals surface area contributed by atoms with E-state index in [1.807, 2.05) is 24.3 Å². The topological polar surface area (TPSA) is 60.4 Å². The number of hydrogen-bond acceptors (Lipinski definition) is 6. The van der Waals surface area contributed by atoms with Gasteiger partial charge in [0.25, 0.3) is 0 Å². The van der Waals surface area contributed by atoms with Crippen LogP contribution in [0.5, 0.6) is 11.5 Å². The highest BCUT2D eigenvalue weighted by atomic mass is 16.6. The highest BCUT2D eigenvalue weighted by Gasteiger charge is 2.25. The van der Waals surface area contributed by atoms with E-state index in [4.69, 9.17) is 14.2 Å². The van der Waals surface area contributed by atoms with Crippen LogP contribution < -0.4 is 14.4 Å². The van der Waals surface area contributed by atoms with Crippen molar-refractivity contribution >= 4 is 23.6 Å². The highest BCUT2D eigenvalue weighted by molar-refractivity contribution is 6.13. The normalized spacial score (nSPS) is 14.6. The molecule has 0 amide bonds. The number of methoxy groups -OCH3 is 2. The zero-order valence-electron chi connectivity index (χ0n) is 16.6. The van der Waals surface area contributed by atoms with Crippen LogP contribution in [0.3, 0.4) is 0 Å². The Balaban J connectivity index is 1.85. The van der Waals surface area contributed by atoms with Crippen LogP contribution in [0.2, 0.25) is 0 Å². The second kappa shape index (κ2) is 8.61. The molecule has 146 valence electrons. The van der Waals surface area contributed by atoms with Crippen LogP contribution in [-0.4, -0.2) is 39.2 Å². The third kappa shape index (κ3) is 4.01. The monoisotopic (exact) mass is 380 g/mol. The Labute approximate surface area is 165 Å². The van der Waals surface area contributed by atoms with Crippen molar-refractivity contribution in [3.05, 3.63) is 59.3 Å². The van der Waals surface area contributed by atoms with E-state index in [9.17, 15) is 4.79 Å². The molecule has 1 aliphatic rings. The lowest BCUT2D eigenvalue weighted by Crippen LogP contribution is -2.21. The summed E-state index contributed by atoms with van der Waals surface area (Å²) >= 11 is 0. The molecule has 0 atom stereocenters. The van der Waals surface area contributed by atoms with Crippen LogP contribution in [0.1, 0.15) is 25.0 Å². The standard InChI is InChI=1S/C22H24N2O4/c1-5-24(6-2)17-10-7-15(8-11-17)13-18-22(25)28-21(23-18)16-9-12-19(26-3)20(14-16)27-4/h7-14H,5-6H2,1-4H3/b18-13-. The summed E-state index contributed by atoms with van der Waals surface area (Å²) in [7, 11) is 3.12. The van der Waals surface area contributed by atoms with Crippen molar-refractivity contribution < 1.29 is 19.0 Å². The van der Waals surface area contributed by atoms with Gasteiger partial charge in [-0.15, -0.1) is 0 Å². The second-order valence-corrected chi connectivity index (χ2v) is 6.17. The molecule has 3 rings (SSSR count). The molecule has 0 aliphatic carbocycles. The van der Waals surface area contributed by atoms with Gasteiger partial charge in [0.2, 0.25) is 5.90 Å². The zero-order chi connectivity index (χ0) is 20.1. The Hall–Kier alpha value is -3.28. The third-order valence-electron chi connectivity index (χ3n) is 4.58. The molecule has 0 saturated heterocycles. The number of ether oxygens (including phenoxy) is 3. The molecule has 0 saturated carbocycles. The van der Waals surface area contributed by atoms with E-state index in [2.05, 4.69) is 23.7 Å². The first kappa shape index (κ1) is 19.5. The number of aliphatic imine (C=N–C) groups is 1. The molecule has 0 spiro atoms. The molecule has 2 aromatic carbocycles. The maximum absolute atomic E-state index is 12.2. The van der Waals surface area contributed by atoms with E-state index >= 15 is 0 Å². The number of rotatable bonds is 7. The first-order valence-electron chi connectivity index (χ1n) is 9.19. The second-order valence-electron chi connectivity index (χ2n) is 6.17. The predicted octanol–water partition coefficient (Wildman–Crippen LogP) is 3.89. The first-order chi connectivity index (χ1) is 13.6. The minimum atomic E-state index is -0.474. The summed E-state index contributed by atoms with van der Waals surface area (Å²) in [6, 6.07) is 13.3. The van der Waals surface area contributed by atoms with Gasteiger partial charge < -0.3 is 19.1 Å². The van der Waals surface area contributed by atoms with Crippen molar-refractivity contribution in [2.45, 2.75) is 13.8 Å². The smallest absolute Gasteiger partial charge is 0.363 e. The quantitative estimate of drug-likeness (QED) is 0.539. The number of benzene rings is 2. The van der Waals surface area contributed by atoms with Gasteiger partial charge in [0.05, 0.1) is 14.2 Å². The van der Waals surface area contributed by atoms with Gasteiger partial charge in [0, 0.05) is 24.3 Å². The number of hydrogen-bond donors (Lipinski definition) is 0. The van der Waals surface area contributed by atoms with Gasteiger partial charge in [0.15, 0.2) is 17.2 Å². The lowest BCUT2D eigenvalue weighted by Gasteiger charge is -2.20. The molecular weight excluding hydrogens is 356 g/mol. The summed E-state index contributed by atoms with van der Waals surface area (Å²) in [5, 5.41) is 0. The number of anilines is 1. The van der Waals surface area contributed by atoms with Crippen molar-refractivity contribution in [3.8, 4) is 11.5 Å². The summed E-state index contributed by atoms with van der Waals surface area (Å²) in [6.45, 7) is 6.14. The molecule has 1 aliphatic heterocycles. The van der Waals surface area contributed by atoms with Gasteiger partial charge in [-0.2, -0.15) is 0 Å². The average Bonchev–Trinajstić information content (AvgIpc) is 3.09. The van der Waals surface area contributed by atoms with Crippen LogP contribution in [0.25, 0.3) is 6.08 Å². The van der Waals surface area contributed by atoms with Crippen LogP contribution >= 0.6 is 0 Å². The Bertz CT molecular complexity index is 913. The zero-order valence-corrected chi connectivity index (χ0v) is 16.6. The van der Waals surface area contributed by atoms with Gasteiger partial charge in [-0.1, -0.05) is 12.1 Å². The van der Waals surface area contributed by atoms with Crippen molar-refractivity contribution in [1.82, 2.24) is 0 Å². The van der Waals surface area contributed by atoms with E-state index in [0.29, 0.717) is 17.1 Å². The molecule has 28 heavy (non-hydrogen) atoms. The van der Waals surface area contributed by atoms with E-state index in [-0.39, 0.29) is 11.6 Å². The van der Waals surface area contributed by atoms with Gasteiger partial charge in [-0.25, -0.2) is 9.79 Å². The summed E-state index contributed by atoms with van der Waals surface area (Å²) in [5.41, 5.74) is 2.95. The summed E-state index contributed by atoms with van der Waals surface area (Å²) < 4.78 is 15.9. The fourth-order valence-electron chi connectivity index (χ4n) is 3.03. The molecule has 1 heterocycles. The Morgan fingerprint density at radius 1 is 1.00 bits per heavy atom. The van der Waals surface area contributed by atoms with Crippen LogP contribution in [-0.2, 0) is 9.53 Å². The minimum absolute atomic E-state index is 0.247. The highest BCUT2D eigenvalue weighted by Crippen LogP contribution is 2.29. The molecule has 0 N–H and O–H groups in total. The first-order valence-corrected chi connectivity index (χ1v) is 9.19. The van der Waals surface area contributed by atoms with Gasteiger partial charge in [-0.05, 0) is 55.8 Å². The van der Waals surface area contributed by atoms with Gasteiger partial charge >= 0.3 is 5.97 Å². The molecule has 0 unspecified atom stereocenters. The van der Waals surface area contributed by atoms with Crippen molar-refractivity contribution in [1.29, 1.82) is 0 Å². The molecule has 6 heteroatoms. The molecule has 2 aromatic rings. The van der Waals surface area contributed by atoms with E-state index in [1.165, 1.54) is 0 Å². The van der Waals surface area contributed by atoms with Gasteiger partial charge in [-0.3, -0.25) is 0 Å².